The molecule has 1 saturated carbocycles. The number of rotatable bonds is 2. The second kappa shape index (κ2) is 4.95. The van der Waals surface area contributed by atoms with Crippen molar-refractivity contribution >= 4 is 23.6 Å². The van der Waals surface area contributed by atoms with Crippen molar-refractivity contribution in [2.24, 2.45) is 5.92 Å². The van der Waals surface area contributed by atoms with Gasteiger partial charge in [-0.2, -0.15) is 10.0 Å². The maximum absolute atomic E-state index is 12.5. The minimum absolute atomic E-state index is 0.0575. The number of imide groups is 2. The van der Waals surface area contributed by atoms with Crippen LogP contribution in [0.5, 0.6) is 0 Å². The van der Waals surface area contributed by atoms with Crippen LogP contribution in [0.25, 0.3) is 0 Å². The normalized spacial score (nSPS) is 24.0. The Balaban J connectivity index is 1.84. The second-order valence-corrected chi connectivity index (χ2v) is 5.67. The van der Waals surface area contributed by atoms with Gasteiger partial charge in [0.1, 0.15) is 0 Å². The van der Waals surface area contributed by atoms with Gasteiger partial charge in [-0.3, -0.25) is 19.2 Å². The summed E-state index contributed by atoms with van der Waals surface area (Å²) in [4.78, 5) is 48.3. The lowest BCUT2D eigenvalue weighted by molar-refractivity contribution is -0.170. The topological polar surface area (TPSA) is 74.8 Å². The number of carbonyl (C=O) groups excluding carboxylic acids is 4. The average Bonchev–Trinajstić information content (AvgIpc) is 2.89. The minimum atomic E-state index is -0.641. The third kappa shape index (κ3) is 2.11. The van der Waals surface area contributed by atoms with E-state index in [1.807, 2.05) is 0 Å². The Morgan fingerprint density at radius 1 is 0.857 bits per heavy atom. The first-order valence-corrected chi connectivity index (χ1v) is 7.17. The lowest BCUT2D eigenvalue weighted by atomic mass is 9.84. The molecule has 0 saturated heterocycles. The Hall–Kier alpha value is -2.24. The summed E-state index contributed by atoms with van der Waals surface area (Å²) < 4.78 is 0. The van der Waals surface area contributed by atoms with Gasteiger partial charge >= 0.3 is 0 Å². The molecular formula is C15H16N2O4. The first kappa shape index (κ1) is 13.7. The zero-order chi connectivity index (χ0) is 15.1. The molecule has 0 unspecified atom stereocenters. The molecule has 0 N–H and O–H groups in total. The van der Waals surface area contributed by atoms with Crippen LogP contribution < -0.4 is 0 Å². The molecule has 4 amide bonds. The standard InChI is InChI=1S/C15H16N2O4/c1-9-7-12(18)16(14(9)20)17-13(19)8-11(15(17)21)10-5-3-2-4-6-10/h7-8,10H,2-6H2,1H3. The van der Waals surface area contributed by atoms with Crippen LogP contribution in [-0.2, 0) is 19.2 Å². The van der Waals surface area contributed by atoms with E-state index in [4.69, 9.17) is 0 Å². The molecule has 3 rings (SSSR count). The first-order valence-electron chi connectivity index (χ1n) is 7.17. The van der Waals surface area contributed by atoms with Crippen LogP contribution in [0.4, 0.5) is 0 Å². The van der Waals surface area contributed by atoms with E-state index in [0.29, 0.717) is 15.6 Å². The van der Waals surface area contributed by atoms with E-state index < -0.39 is 23.6 Å². The fourth-order valence-corrected chi connectivity index (χ4v) is 3.14. The van der Waals surface area contributed by atoms with Crippen molar-refractivity contribution in [1.29, 1.82) is 0 Å². The number of hydrogen-bond donors (Lipinski definition) is 0. The maximum atomic E-state index is 12.5. The molecule has 0 atom stereocenters. The molecule has 110 valence electrons. The van der Waals surface area contributed by atoms with E-state index in [2.05, 4.69) is 0 Å². The van der Waals surface area contributed by atoms with Crippen LogP contribution in [0.2, 0.25) is 0 Å². The highest BCUT2D eigenvalue weighted by atomic mass is 16.2. The van der Waals surface area contributed by atoms with Gasteiger partial charge in [0, 0.05) is 23.3 Å². The highest BCUT2D eigenvalue weighted by Crippen LogP contribution is 2.34. The van der Waals surface area contributed by atoms with Gasteiger partial charge in [-0.25, -0.2) is 0 Å². The van der Waals surface area contributed by atoms with E-state index in [1.165, 1.54) is 13.0 Å². The van der Waals surface area contributed by atoms with Crippen LogP contribution >= 0.6 is 0 Å². The smallest absolute Gasteiger partial charge is 0.267 e. The summed E-state index contributed by atoms with van der Waals surface area (Å²) in [6.07, 6.45) is 7.38. The Bertz CT molecular complexity index is 611. The summed E-state index contributed by atoms with van der Waals surface area (Å²) in [5, 5.41) is 1.33. The van der Waals surface area contributed by atoms with Crippen LogP contribution in [-0.4, -0.2) is 33.6 Å². The zero-order valence-corrected chi connectivity index (χ0v) is 11.8. The fourth-order valence-electron chi connectivity index (χ4n) is 3.14. The summed E-state index contributed by atoms with van der Waals surface area (Å²) in [5.74, 6) is -2.33. The van der Waals surface area contributed by atoms with Gasteiger partial charge in [0.25, 0.3) is 23.6 Å². The molecule has 0 bridgehead atoms. The average molecular weight is 288 g/mol. The second-order valence-electron chi connectivity index (χ2n) is 5.67. The van der Waals surface area contributed by atoms with Crippen molar-refractivity contribution in [2.45, 2.75) is 39.0 Å². The fraction of sp³-hybridized carbons (Fsp3) is 0.467. The molecule has 21 heavy (non-hydrogen) atoms. The van der Waals surface area contributed by atoms with E-state index >= 15 is 0 Å². The van der Waals surface area contributed by atoms with Crippen LogP contribution in [0.15, 0.2) is 23.3 Å². The Kier molecular flexibility index (Phi) is 3.23. The molecule has 0 spiro atoms. The third-order valence-corrected chi connectivity index (χ3v) is 4.25. The number of hydrazine groups is 1. The molecular weight excluding hydrogens is 272 g/mol. The summed E-state index contributed by atoms with van der Waals surface area (Å²) >= 11 is 0. The molecule has 6 nitrogen and oxygen atoms in total. The van der Waals surface area contributed by atoms with Crippen molar-refractivity contribution in [3.63, 3.8) is 0 Å². The van der Waals surface area contributed by atoms with Gasteiger partial charge in [-0.05, 0) is 25.7 Å². The number of carbonyl (C=O) groups is 4. The molecule has 3 aliphatic rings. The molecule has 2 aliphatic heterocycles. The summed E-state index contributed by atoms with van der Waals surface area (Å²) in [6, 6.07) is 0. The quantitative estimate of drug-likeness (QED) is 0.713. The van der Waals surface area contributed by atoms with E-state index in [1.54, 1.807) is 0 Å². The molecule has 1 fully saturated rings. The lowest BCUT2D eigenvalue weighted by Crippen LogP contribution is -2.50. The van der Waals surface area contributed by atoms with E-state index in [9.17, 15) is 19.2 Å². The number of amides is 4. The summed E-state index contributed by atoms with van der Waals surface area (Å²) in [6.45, 7) is 1.49. The van der Waals surface area contributed by atoms with Gasteiger partial charge in [0.05, 0.1) is 0 Å². The predicted molar refractivity (Wildman–Crippen MR) is 72.1 cm³/mol. The predicted octanol–water partition coefficient (Wildman–Crippen LogP) is 1.09. The van der Waals surface area contributed by atoms with Gasteiger partial charge in [-0.15, -0.1) is 0 Å². The van der Waals surface area contributed by atoms with Gasteiger partial charge < -0.3 is 0 Å². The van der Waals surface area contributed by atoms with Crippen molar-refractivity contribution in [3.05, 3.63) is 23.3 Å². The van der Waals surface area contributed by atoms with Crippen molar-refractivity contribution in [1.82, 2.24) is 10.0 Å². The third-order valence-electron chi connectivity index (χ3n) is 4.25. The Labute approximate surface area is 122 Å². The molecule has 0 radical (unpaired) electrons. The van der Waals surface area contributed by atoms with E-state index in [0.717, 1.165) is 38.2 Å². The lowest BCUT2D eigenvalue weighted by Gasteiger charge is -2.26. The molecule has 1 aliphatic carbocycles. The molecule has 2 heterocycles. The van der Waals surface area contributed by atoms with Crippen LogP contribution in [0.1, 0.15) is 39.0 Å². The molecule has 0 aromatic carbocycles. The highest BCUT2D eigenvalue weighted by molar-refractivity contribution is 6.23. The highest BCUT2D eigenvalue weighted by Gasteiger charge is 2.45. The van der Waals surface area contributed by atoms with Gasteiger partial charge in [0.2, 0.25) is 0 Å². The van der Waals surface area contributed by atoms with Crippen molar-refractivity contribution < 1.29 is 19.2 Å². The summed E-state index contributed by atoms with van der Waals surface area (Å²) in [5.41, 5.74) is 0.663. The molecule has 0 aromatic rings. The minimum Gasteiger partial charge on any atom is -0.267 e. The van der Waals surface area contributed by atoms with Crippen molar-refractivity contribution in [3.8, 4) is 0 Å². The van der Waals surface area contributed by atoms with Crippen molar-refractivity contribution in [2.75, 3.05) is 0 Å². The Morgan fingerprint density at radius 2 is 1.43 bits per heavy atom. The van der Waals surface area contributed by atoms with Gasteiger partial charge in [-0.1, -0.05) is 19.3 Å². The SMILES string of the molecule is CC1=CC(=O)N(N2C(=O)C=C(C3CCCCC3)C2=O)C1=O. The van der Waals surface area contributed by atoms with Crippen LogP contribution in [0, 0.1) is 5.92 Å². The molecule has 6 heteroatoms. The summed E-state index contributed by atoms with van der Waals surface area (Å²) in [7, 11) is 0. The number of nitrogens with zero attached hydrogens (tertiary/aromatic N) is 2. The Morgan fingerprint density at radius 3 is 2.00 bits per heavy atom. The monoisotopic (exact) mass is 288 g/mol. The maximum Gasteiger partial charge on any atom is 0.276 e. The first-order chi connectivity index (χ1) is 10.0. The zero-order valence-electron chi connectivity index (χ0n) is 11.8. The number of hydrogen-bond acceptors (Lipinski definition) is 4. The van der Waals surface area contributed by atoms with Gasteiger partial charge in [0.15, 0.2) is 0 Å². The largest absolute Gasteiger partial charge is 0.276 e. The van der Waals surface area contributed by atoms with E-state index in [-0.39, 0.29) is 11.5 Å². The van der Waals surface area contributed by atoms with Crippen LogP contribution in [0.3, 0.4) is 0 Å². The molecule has 0 aromatic heterocycles.